The van der Waals surface area contributed by atoms with Gasteiger partial charge in [0.1, 0.15) is 10.0 Å². The molecule has 1 aromatic rings. The molecule has 0 radical (unpaired) electrons. The topological polar surface area (TPSA) is 110 Å². The molecular formula is C14H26ClN5O2S. The fraction of sp³-hybridized carbons (Fsp3) is 0.714. The number of aromatic nitrogens is 2. The number of rotatable bonds is 6. The van der Waals surface area contributed by atoms with E-state index in [0.29, 0.717) is 6.54 Å². The minimum Gasteiger partial charge on any atom is -0.348 e. The molecule has 0 aromatic carbocycles. The molecule has 7 nitrogen and oxygen atoms in total. The number of carbonyl (C=O) groups is 2. The number of amides is 2. The predicted octanol–water partition coefficient (Wildman–Crippen LogP) is 0.973. The van der Waals surface area contributed by atoms with Crippen LogP contribution in [0.3, 0.4) is 0 Å². The van der Waals surface area contributed by atoms with Crippen LogP contribution in [0.15, 0.2) is 0 Å². The van der Waals surface area contributed by atoms with Crippen molar-refractivity contribution < 1.29 is 9.59 Å². The van der Waals surface area contributed by atoms with Gasteiger partial charge in [0.15, 0.2) is 0 Å². The highest BCUT2D eigenvalue weighted by molar-refractivity contribution is 7.11. The lowest BCUT2D eigenvalue weighted by molar-refractivity contribution is -0.127. The van der Waals surface area contributed by atoms with Crippen molar-refractivity contribution in [2.75, 3.05) is 6.54 Å². The number of nitrogens with two attached hydrogens (primary N) is 1. The first-order chi connectivity index (χ1) is 10.1. The molecule has 0 unspecified atom stereocenters. The average molecular weight is 364 g/mol. The molecule has 0 spiro atoms. The lowest BCUT2D eigenvalue weighted by Gasteiger charge is -2.15. The smallest absolute Gasteiger partial charge is 0.239 e. The molecule has 1 heterocycles. The summed E-state index contributed by atoms with van der Waals surface area (Å²) in [7, 11) is 0. The Morgan fingerprint density at radius 1 is 1.22 bits per heavy atom. The zero-order valence-corrected chi connectivity index (χ0v) is 15.8. The number of nitrogens with one attached hydrogen (secondary N) is 2. The Labute approximate surface area is 147 Å². The lowest BCUT2D eigenvalue weighted by Crippen LogP contribution is -2.47. The molecule has 0 fully saturated rings. The van der Waals surface area contributed by atoms with Crippen molar-refractivity contribution in [3.8, 4) is 0 Å². The van der Waals surface area contributed by atoms with E-state index in [4.69, 9.17) is 5.73 Å². The van der Waals surface area contributed by atoms with E-state index in [1.165, 1.54) is 11.3 Å². The van der Waals surface area contributed by atoms with Crippen molar-refractivity contribution in [3.63, 3.8) is 0 Å². The molecule has 1 rings (SSSR count). The van der Waals surface area contributed by atoms with Gasteiger partial charge in [-0.3, -0.25) is 9.59 Å². The molecular weight excluding hydrogens is 338 g/mol. The van der Waals surface area contributed by atoms with Gasteiger partial charge >= 0.3 is 0 Å². The largest absolute Gasteiger partial charge is 0.348 e. The number of carbonyl (C=O) groups excluding carboxylic acids is 2. The monoisotopic (exact) mass is 363 g/mol. The van der Waals surface area contributed by atoms with Gasteiger partial charge in [0.05, 0.1) is 19.1 Å². The van der Waals surface area contributed by atoms with Crippen LogP contribution in [-0.2, 0) is 21.5 Å². The zero-order chi connectivity index (χ0) is 16.9. The Kier molecular flexibility index (Phi) is 8.65. The molecule has 1 aromatic heterocycles. The second kappa shape index (κ2) is 9.14. The van der Waals surface area contributed by atoms with Crippen molar-refractivity contribution in [2.24, 2.45) is 11.7 Å². The van der Waals surface area contributed by atoms with E-state index in [0.717, 1.165) is 10.0 Å². The van der Waals surface area contributed by atoms with Crippen LogP contribution in [0.2, 0.25) is 0 Å². The van der Waals surface area contributed by atoms with E-state index < -0.39 is 6.04 Å². The highest BCUT2D eigenvalue weighted by Gasteiger charge is 2.20. The Hall–Kier alpha value is -1.25. The number of nitrogens with zero attached hydrogens (tertiary/aromatic N) is 2. The first kappa shape index (κ1) is 21.8. The molecule has 0 saturated carbocycles. The Morgan fingerprint density at radius 3 is 2.30 bits per heavy atom. The first-order valence-electron chi connectivity index (χ1n) is 7.24. The standard InChI is InChI=1S/C14H25N5O2S.ClH/c1-8(2)11(15)12(21)17-6-9(20)16-7-10-18-19-13(22-10)14(3,4)5;/h8,11H,6-7,15H2,1-5H3,(H,16,20)(H,17,21);1H/t11-;/m0./s1. The van der Waals surface area contributed by atoms with E-state index in [1.807, 2.05) is 13.8 Å². The van der Waals surface area contributed by atoms with Crippen molar-refractivity contribution in [2.45, 2.75) is 52.6 Å². The second-order valence-corrected chi connectivity index (χ2v) is 7.58. The summed E-state index contributed by atoms with van der Waals surface area (Å²) >= 11 is 1.47. The Balaban J connectivity index is 0.00000484. The maximum Gasteiger partial charge on any atom is 0.239 e. The zero-order valence-electron chi connectivity index (χ0n) is 14.2. The lowest BCUT2D eigenvalue weighted by atomic mass is 9.98. The van der Waals surface area contributed by atoms with E-state index >= 15 is 0 Å². The maximum absolute atomic E-state index is 11.7. The third-order valence-corrected chi connectivity index (χ3v) is 4.34. The summed E-state index contributed by atoms with van der Waals surface area (Å²) < 4.78 is 0. The molecule has 1 atom stereocenters. The van der Waals surface area contributed by atoms with Gasteiger partial charge in [0, 0.05) is 5.41 Å². The second-order valence-electron chi connectivity index (χ2n) is 6.52. The summed E-state index contributed by atoms with van der Waals surface area (Å²) in [6.45, 7) is 10.1. The fourth-order valence-corrected chi connectivity index (χ4v) is 2.29. The minimum atomic E-state index is -0.606. The van der Waals surface area contributed by atoms with Gasteiger partial charge in [-0.15, -0.1) is 22.6 Å². The van der Waals surface area contributed by atoms with E-state index in [2.05, 4.69) is 41.6 Å². The third kappa shape index (κ3) is 7.24. The molecule has 9 heteroatoms. The van der Waals surface area contributed by atoms with Crippen molar-refractivity contribution >= 4 is 35.6 Å². The van der Waals surface area contributed by atoms with Crippen molar-refractivity contribution in [1.29, 1.82) is 0 Å². The molecule has 0 bridgehead atoms. The minimum absolute atomic E-state index is 0. The molecule has 2 amide bonds. The van der Waals surface area contributed by atoms with Crippen molar-refractivity contribution in [3.05, 3.63) is 10.0 Å². The Morgan fingerprint density at radius 2 is 1.83 bits per heavy atom. The van der Waals surface area contributed by atoms with Gasteiger partial charge in [0.25, 0.3) is 0 Å². The third-order valence-electron chi connectivity index (χ3n) is 2.99. The Bertz CT molecular complexity index is 527. The van der Waals surface area contributed by atoms with Gasteiger partial charge in [-0.25, -0.2) is 0 Å². The number of halogens is 1. The first-order valence-corrected chi connectivity index (χ1v) is 8.05. The van der Waals surface area contributed by atoms with Gasteiger partial charge < -0.3 is 16.4 Å². The summed E-state index contributed by atoms with van der Waals surface area (Å²) in [5.41, 5.74) is 5.64. The molecule has 4 N–H and O–H groups in total. The predicted molar refractivity (Wildman–Crippen MR) is 93.5 cm³/mol. The number of hydrogen-bond acceptors (Lipinski definition) is 6. The van der Waals surface area contributed by atoms with Crippen LogP contribution < -0.4 is 16.4 Å². The van der Waals surface area contributed by atoms with E-state index in [9.17, 15) is 9.59 Å². The van der Waals surface area contributed by atoms with Crippen molar-refractivity contribution in [1.82, 2.24) is 20.8 Å². The molecule has 0 aliphatic heterocycles. The van der Waals surface area contributed by atoms with Crippen LogP contribution in [0.1, 0.15) is 44.6 Å². The summed E-state index contributed by atoms with van der Waals surface area (Å²) in [6, 6.07) is -0.606. The summed E-state index contributed by atoms with van der Waals surface area (Å²) in [5.74, 6) is -0.576. The molecule has 0 aliphatic rings. The highest BCUT2D eigenvalue weighted by Crippen LogP contribution is 2.25. The quantitative estimate of drug-likeness (QED) is 0.697. The molecule has 23 heavy (non-hydrogen) atoms. The molecule has 0 saturated heterocycles. The van der Waals surface area contributed by atoms with Crippen LogP contribution in [0, 0.1) is 5.92 Å². The normalized spacial score (nSPS) is 12.5. The number of hydrogen-bond donors (Lipinski definition) is 3. The van der Waals surface area contributed by atoms with Gasteiger partial charge in [-0.1, -0.05) is 46.0 Å². The van der Waals surface area contributed by atoms with Crippen LogP contribution in [-0.4, -0.2) is 34.6 Å². The van der Waals surface area contributed by atoms with E-state index in [1.54, 1.807) is 0 Å². The van der Waals surface area contributed by atoms with Gasteiger partial charge in [0.2, 0.25) is 11.8 Å². The van der Waals surface area contributed by atoms with Crippen LogP contribution in [0.25, 0.3) is 0 Å². The average Bonchev–Trinajstić information content (AvgIpc) is 2.90. The fourth-order valence-electron chi connectivity index (χ4n) is 1.45. The van der Waals surface area contributed by atoms with Crippen LogP contribution in [0.4, 0.5) is 0 Å². The molecule has 132 valence electrons. The highest BCUT2D eigenvalue weighted by atomic mass is 35.5. The SMILES string of the molecule is CC(C)[C@H](N)C(=O)NCC(=O)NCc1nnc(C(C)(C)C)s1.Cl. The molecule has 0 aliphatic carbocycles. The van der Waals surface area contributed by atoms with Gasteiger partial charge in [-0.05, 0) is 5.92 Å². The van der Waals surface area contributed by atoms with E-state index in [-0.39, 0.29) is 42.1 Å². The summed E-state index contributed by atoms with van der Waals surface area (Å²) in [4.78, 5) is 23.3. The van der Waals surface area contributed by atoms with Crippen LogP contribution in [0.5, 0.6) is 0 Å². The maximum atomic E-state index is 11.7. The summed E-state index contributed by atoms with van der Waals surface area (Å²) in [6.07, 6.45) is 0. The van der Waals surface area contributed by atoms with Crippen LogP contribution >= 0.6 is 23.7 Å². The summed E-state index contributed by atoms with van der Waals surface area (Å²) in [5, 5.41) is 15.0. The van der Waals surface area contributed by atoms with Gasteiger partial charge in [-0.2, -0.15) is 0 Å².